The normalized spacial score (nSPS) is 21.9. The number of nitrogens with zero attached hydrogens (tertiary/aromatic N) is 6. The predicted molar refractivity (Wildman–Crippen MR) is 147 cm³/mol. The minimum absolute atomic E-state index is 0.0141. The Morgan fingerprint density at radius 1 is 1.26 bits per heavy atom. The van der Waals surface area contributed by atoms with Crippen molar-refractivity contribution in [3.8, 4) is 23.3 Å². The van der Waals surface area contributed by atoms with Gasteiger partial charge in [0.15, 0.2) is 5.82 Å². The molecule has 0 saturated carbocycles. The molecule has 0 spiro atoms. The molecule has 2 atom stereocenters. The Kier molecular flexibility index (Phi) is 7.32. The summed E-state index contributed by atoms with van der Waals surface area (Å²) in [6, 6.07) is 8.80. The summed E-state index contributed by atoms with van der Waals surface area (Å²) in [6.07, 6.45) is 6.41. The van der Waals surface area contributed by atoms with Gasteiger partial charge in [0.2, 0.25) is 0 Å². The molecule has 1 N–H and O–H groups in total. The monoisotopic (exact) mass is 533 g/mol. The number of nitrogens with one attached hydrogen (secondary N) is 1. The highest BCUT2D eigenvalue weighted by Crippen LogP contribution is 2.40. The van der Waals surface area contributed by atoms with Crippen molar-refractivity contribution in [2.45, 2.75) is 49.1 Å². The summed E-state index contributed by atoms with van der Waals surface area (Å²) in [4.78, 5) is 19.5. The van der Waals surface area contributed by atoms with E-state index in [2.05, 4.69) is 44.3 Å². The zero-order valence-electron chi connectivity index (χ0n) is 21.6. The van der Waals surface area contributed by atoms with Crippen molar-refractivity contribution in [2.75, 3.05) is 50.5 Å². The fourth-order valence-electron chi connectivity index (χ4n) is 5.72. The number of halogens is 1. The van der Waals surface area contributed by atoms with Gasteiger partial charge in [-0.1, -0.05) is 18.2 Å². The van der Waals surface area contributed by atoms with E-state index in [4.69, 9.17) is 9.72 Å². The summed E-state index contributed by atoms with van der Waals surface area (Å²) in [5.74, 6) is 1.18. The van der Waals surface area contributed by atoms with E-state index >= 15 is 4.39 Å². The number of benzene rings is 1. The number of ether oxygens (including phenoxy) is 1. The number of aryl methyl sites for hydroxylation is 1. The van der Waals surface area contributed by atoms with Crippen LogP contribution in [0.2, 0.25) is 0 Å². The van der Waals surface area contributed by atoms with Crippen LogP contribution in [0.15, 0.2) is 29.3 Å². The quantitative estimate of drug-likeness (QED) is 0.504. The first-order valence-electron chi connectivity index (χ1n) is 13.4. The van der Waals surface area contributed by atoms with E-state index in [0.29, 0.717) is 55.6 Å². The third-order valence-corrected chi connectivity index (χ3v) is 9.06. The molecule has 1 aromatic carbocycles. The van der Waals surface area contributed by atoms with E-state index < -0.39 is 5.82 Å². The molecule has 38 heavy (non-hydrogen) atoms. The maximum atomic E-state index is 16.4. The number of pyridine rings is 1. The van der Waals surface area contributed by atoms with Crippen molar-refractivity contribution < 1.29 is 9.13 Å². The SMILES string of the molecule is CN1CCC[C@H]1COc1nc(N2CCN[C@@H](CC#N)C2)c2cnc(-c3cccc4c3SCCC4)c(F)c2n1. The number of fused-ring (bicyclic) bond motifs is 2. The highest BCUT2D eigenvalue weighted by atomic mass is 32.2. The summed E-state index contributed by atoms with van der Waals surface area (Å²) in [5.41, 5.74) is 2.61. The third-order valence-electron chi connectivity index (χ3n) is 7.80. The molecule has 3 aliphatic heterocycles. The number of anilines is 1. The Balaban J connectivity index is 1.43. The number of hydrogen-bond acceptors (Lipinski definition) is 9. The second-order valence-corrected chi connectivity index (χ2v) is 11.4. The number of likely N-dealkylation sites (N-methyl/N-ethyl adjacent to an activating group) is 1. The number of aromatic nitrogens is 3. The molecular formula is C28H32FN7OS. The van der Waals surface area contributed by atoms with E-state index in [1.54, 1.807) is 18.0 Å². The standard InChI is InChI=1S/C28H32FN7OS/c1-35-12-3-7-20(35)17-37-28-33-25-22(27(34-28)36-13-11-31-19(16-36)9-10-30)15-32-24(23(25)29)21-8-2-5-18-6-4-14-38-26(18)21/h2,5,8,15,19-20,31H,3-4,6-7,9,11-14,16-17H2,1H3/t19-,20-/m0/s1. The smallest absolute Gasteiger partial charge is 0.319 e. The lowest BCUT2D eigenvalue weighted by molar-refractivity contribution is 0.188. The minimum Gasteiger partial charge on any atom is -0.462 e. The van der Waals surface area contributed by atoms with Crippen LogP contribution in [0.25, 0.3) is 22.2 Å². The van der Waals surface area contributed by atoms with E-state index in [0.717, 1.165) is 48.4 Å². The van der Waals surface area contributed by atoms with Gasteiger partial charge in [0, 0.05) is 48.4 Å². The molecule has 0 bridgehead atoms. The Morgan fingerprint density at radius 3 is 3.03 bits per heavy atom. The largest absolute Gasteiger partial charge is 0.462 e. The van der Waals surface area contributed by atoms with Gasteiger partial charge in [0.25, 0.3) is 0 Å². The number of thioether (sulfide) groups is 1. The Hall–Kier alpha value is -3.00. The fraction of sp³-hybridized carbons (Fsp3) is 0.500. The Labute approximate surface area is 226 Å². The van der Waals surface area contributed by atoms with E-state index in [1.807, 2.05) is 12.1 Å². The van der Waals surface area contributed by atoms with Gasteiger partial charge in [-0.05, 0) is 50.6 Å². The van der Waals surface area contributed by atoms with E-state index in [9.17, 15) is 5.26 Å². The lowest BCUT2D eigenvalue weighted by Crippen LogP contribution is -2.51. The van der Waals surface area contributed by atoms with Crippen LogP contribution in [0.1, 0.15) is 31.2 Å². The molecule has 3 aromatic rings. The van der Waals surface area contributed by atoms with Gasteiger partial charge in [0.05, 0.1) is 17.9 Å². The summed E-state index contributed by atoms with van der Waals surface area (Å²) >= 11 is 1.77. The molecule has 0 amide bonds. The zero-order chi connectivity index (χ0) is 26.1. The average Bonchev–Trinajstić information content (AvgIpc) is 3.36. The second-order valence-electron chi connectivity index (χ2n) is 10.3. The lowest BCUT2D eigenvalue weighted by atomic mass is 10.0. The summed E-state index contributed by atoms with van der Waals surface area (Å²) in [6.45, 7) is 3.49. The second kappa shape index (κ2) is 11.0. The number of piperazine rings is 1. The molecule has 5 heterocycles. The first-order chi connectivity index (χ1) is 18.6. The fourth-order valence-corrected chi connectivity index (χ4v) is 6.88. The molecule has 6 rings (SSSR count). The Morgan fingerprint density at radius 2 is 2.18 bits per heavy atom. The summed E-state index contributed by atoms with van der Waals surface area (Å²) < 4.78 is 22.5. The number of hydrogen-bond donors (Lipinski definition) is 1. The minimum atomic E-state index is -0.447. The number of nitriles is 1. The lowest BCUT2D eigenvalue weighted by Gasteiger charge is -2.34. The molecule has 3 aliphatic rings. The van der Waals surface area contributed by atoms with Gasteiger partial charge < -0.3 is 19.9 Å². The molecule has 0 radical (unpaired) electrons. The summed E-state index contributed by atoms with van der Waals surface area (Å²) in [5, 5.41) is 13.2. The highest BCUT2D eigenvalue weighted by molar-refractivity contribution is 7.99. The van der Waals surface area contributed by atoms with Crippen LogP contribution >= 0.6 is 11.8 Å². The van der Waals surface area contributed by atoms with Crippen LogP contribution < -0.4 is 15.0 Å². The van der Waals surface area contributed by atoms with Gasteiger partial charge in [-0.15, -0.1) is 11.8 Å². The van der Waals surface area contributed by atoms with Crippen LogP contribution in [0.5, 0.6) is 6.01 Å². The van der Waals surface area contributed by atoms with Crippen LogP contribution in [0.3, 0.4) is 0 Å². The van der Waals surface area contributed by atoms with E-state index in [-0.39, 0.29) is 17.6 Å². The molecule has 0 unspecified atom stereocenters. The highest BCUT2D eigenvalue weighted by Gasteiger charge is 2.27. The number of likely N-dealkylation sites (tertiary alicyclic amines) is 1. The van der Waals surface area contributed by atoms with Crippen molar-refractivity contribution >= 4 is 28.5 Å². The maximum Gasteiger partial charge on any atom is 0.319 e. The molecule has 0 aliphatic carbocycles. The molecular weight excluding hydrogens is 501 g/mol. The van der Waals surface area contributed by atoms with Crippen LogP contribution in [0.4, 0.5) is 10.2 Å². The summed E-state index contributed by atoms with van der Waals surface area (Å²) in [7, 11) is 2.10. The molecule has 10 heteroatoms. The van der Waals surface area contributed by atoms with Crippen molar-refractivity contribution in [3.05, 3.63) is 35.8 Å². The van der Waals surface area contributed by atoms with Crippen LogP contribution in [-0.4, -0.2) is 77.5 Å². The molecule has 8 nitrogen and oxygen atoms in total. The van der Waals surface area contributed by atoms with Crippen molar-refractivity contribution in [1.82, 2.24) is 25.2 Å². The molecule has 198 valence electrons. The van der Waals surface area contributed by atoms with Gasteiger partial charge in [-0.3, -0.25) is 4.98 Å². The van der Waals surface area contributed by atoms with Gasteiger partial charge in [-0.2, -0.15) is 15.2 Å². The topological polar surface area (TPSA) is 90.2 Å². The number of rotatable bonds is 6. The van der Waals surface area contributed by atoms with Crippen LogP contribution in [-0.2, 0) is 6.42 Å². The van der Waals surface area contributed by atoms with Crippen molar-refractivity contribution in [1.29, 1.82) is 5.26 Å². The first-order valence-corrected chi connectivity index (χ1v) is 14.4. The first kappa shape index (κ1) is 25.3. The predicted octanol–water partition coefficient (Wildman–Crippen LogP) is 4.03. The van der Waals surface area contributed by atoms with Crippen LogP contribution in [0, 0.1) is 17.1 Å². The Bertz CT molecular complexity index is 1380. The van der Waals surface area contributed by atoms with Crippen molar-refractivity contribution in [2.24, 2.45) is 0 Å². The van der Waals surface area contributed by atoms with Gasteiger partial charge in [0.1, 0.15) is 23.6 Å². The maximum absolute atomic E-state index is 16.4. The van der Waals surface area contributed by atoms with Crippen molar-refractivity contribution in [3.63, 3.8) is 0 Å². The zero-order valence-corrected chi connectivity index (χ0v) is 22.4. The average molecular weight is 534 g/mol. The third kappa shape index (κ3) is 4.91. The molecule has 2 aromatic heterocycles. The van der Waals surface area contributed by atoms with Gasteiger partial charge in [-0.25, -0.2) is 4.39 Å². The molecule has 2 fully saturated rings. The van der Waals surface area contributed by atoms with Gasteiger partial charge >= 0.3 is 6.01 Å². The van der Waals surface area contributed by atoms with E-state index in [1.165, 1.54) is 5.56 Å². The molecule has 2 saturated heterocycles.